The third-order valence-corrected chi connectivity index (χ3v) is 3.24. The van der Waals surface area contributed by atoms with Crippen molar-refractivity contribution in [3.05, 3.63) is 17.0 Å². The summed E-state index contributed by atoms with van der Waals surface area (Å²) in [6.07, 6.45) is 0.113. The van der Waals surface area contributed by atoms with Gasteiger partial charge in [-0.05, 0) is 32.8 Å². The van der Waals surface area contributed by atoms with E-state index in [0.717, 1.165) is 23.4 Å². The van der Waals surface area contributed by atoms with Crippen LogP contribution in [0.4, 0.5) is 4.79 Å². The van der Waals surface area contributed by atoms with Crippen LogP contribution >= 0.6 is 0 Å². The van der Waals surface area contributed by atoms with Crippen molar-refractivity contribution in [1.82, 2.24) is 20.4 Å². The molecule has 112 valence electrons. The van der Waals surface area contributed by atoms with Crippen LogP contribution in [0, 0.1) is 13.8 Å². The first kappa shape index (κ1) is 16.0. The lowest BCUT2D eigenvalue weighted by Crippen LogP contribution is -2.46. The molecule has 0 saturated heterocycles. The van der Waals surface area contributed by atoms with Crippen LogP contribution in [0.15, 0.2) is 0 Å². The molecule has 1 aromatic heterocycles. The molecule has 0 bridgehead atoms. The van der Waals surface area contributed by atoms with Crippen molar-refractivity contribution in [3.63, 3.8) is 0 Å². The Morgan fingerprint density at radius 2 is 2.10 bits per heavy atom. The summed E-state index contributed by atoms with van der Waals surface area (Å²) in [6.45, 7) is 6.08. The van der Waals surface area contributed by atoms with Gasteiger partial charge in [-0.3, -0.25) is 9.89 Å². The smallest absolute Gasteiger partial charge is 0.407 e. The van der Waals surface area contributed by atoms with Crippen molar-refractivity contribution < 1.29 is 14.3 Å². The number of carbonyl (C=O) groups excluding carboxylic acids is 2. The standard InChI is InChI=1S/C13H22N4O3/c1-8-11(9(2)16-15-8)6-7-17(4)12(18)10(3)14-13(19)20-5/h10H,6-7H2,1-5H3,(H,14,19)(H,15,16). The number of nitrogens with zero attached hydrogens (tertiary/aromatic N) is 2. The highest BCUT2D eigenvalue weighted by molar-refractivity contribution is 5.85. The second kappa shape index (κ2) is 6.93. The van der Waals surface area contributed by atoms with Gasteiger partial charge in [-0.15, -0.1) is 0 Å². The first-order valence-electron chi connectivity index (χ1n) is 6.46. The number of nitrogens with one attached hydrogen (secondary N) is 2. The van der Waals surface area contributed by atoms with E-state index in [1.807, 2.05) is 13.8 Å². The summed E-state index contributed by atoms with van der Waals surface area (Å²) in [5, 5.41) is 9.50. The average Bonchev–Trinajstić information content (AvgIpc) is 2.74. The van der Waals surface area contributed by atoms with Crippen LogP contribution in [0.2, 0.25) is 0 Å². The number of H-pyrrole nitrogens is 1. The summed E-state index contributed by atoms with van der Waals surface area (Å²) in [4.78, 5) is 24.7. The van der Waals surface area contributed by atoms with Gasteiger partial charge >= 0.3 is 6.09 Å². The SMILES string of the molecule is COC(=O)NC(C)C(=O)N(C)CCc1c(C)n[nH]c1C. The maximum absolute atomic E-state index is 12.1. The van der Waals surface area contributed by atoms with E-state index in [2.05, 4.69) is 20.3 Å². The Labute approximate surface area is 118 Å². The predicted molar refractivity (Wildman–Crippen MR) is 74.4 cm³/mol. The Hall–Kier alpha value is -2.05. The highest BCUT2D eigenvalue weighted by atomic mass is 16.5. The number of amides is 2. The molecule has 0 aliphatic carbocycles. The Morgan fingerprint density at radius 3 is 2.60 bits per heavy atom. The van der Waals surface area contributed by atoms with Crippen LogP contribution < -0.4 is 5.32 Å². The fourth-order valence-corrected chi connectivity index (χ4v) is 1.96. The second-order valence-electron chi connectivity index (χ2n) is 4.78. The molecule has 20 heavy (non-hydrogen) atoms. The average molecular weight is 282 g/mol. The number of alkyl carbamates (subject to hydrolysis) is 1. The molecule has 0 fully saturated rings. The second-order valence-corrected chi connectivity index (χ2v) is 4.78. The molecule has 0 saturated carbocycles. The number of carbonyl (C=O) groups is 2. The highest BCUT2D eigenvalue weighted by Crippen LogP contribution is 2.10. The topological polar surface area (TPSA) is 87.3 Å². The predicted octanol–water partition coefficient (Wildman–Crippen LogP) is 0.772. The summed E-state index contributed by atoms with van der Waals surface area (Å²) in [5.74, 6) is -0.158. The van der Waals surface area contributed by atoms with Gasteiger partial charge in [-0.2, -0.15) is 5.10 Å². The lowest BCUT2D eigenvalue weighted by molar-refractivity contribution is -0.131. The van der Waals surface area contributed by atoms with Gasteiger partial charge in [-0.25, -0.2) is 4.79 Å². The molecular weight excluding hydrogens is 260 g/mol. The lowest BCUT2D eigenvalue weighted by atomic mass is 10.1. The van der Waals surface area contributed by atoms with Crippen LogP contribution in [0.25, 0.3) is 0 Å². The quantitative estimate of drug-likeness (QED) is 0.835. The largest absolute Gasteiger partial charge is 0.453 e. The Kier molecular flexibility index (Phi) is 5.54. The summed E-state index contributed by atoms with van der Waals surface area (Å²) >= 11 is 0. The molecule has 0 aliphatic heterocycles. The summed E-state index contributed by atoms with van der Waals surface area (Å²) in [5.41, 5.74) is 3.09. The maximum Gasteiger partial charge on any atom is 0.407 e. The lowest BCUT2D eigenvalue weighted by Gasteiger charge is -2.21. The van der Waals surface area contributed by atoms with E-state index < -0.39 is 12.1 Å². The monoisotopic (exact) mass is 282 g/mol. The van der Waals surface area contributed by atoms with E-state index >= 15 is 0 Å². The van der Waals surface area contributed by atoms with Gasteiger partial charge in [0.1, 0.15) is 6.04 Å². The molecule has 1 atom stereocenters. The van der Waals surface area contributed by atoms with Gasteiger partial charge in [0.2, 0.25) is 5.91 Å². The molecule has 0 spiro atoms. The normalized spacial score (nSPS) is 11.8. The molecule has 1 unspecified atom stereocenters. The number of ether oxygens (including phenoxy) is 1. The van der Waals surface area contributed by atoms with Crippen LogP contribution in [-0.2, 0) is 16.0 Å². The zero-order valence-electron chi connectivity index (χ0n) is 12.6. The molecule has 0 aliphatic rings. The maximum atomic E-state index is 12.1. The van der Waals surface area contributed by atoms with Gasteiger partial charge in [0.25, 0.3) is 0 Å². The minimum atomic E-state index is -0.612. The van der Waals surface area contributed by atoms with Gasteiger partial charge < -0.3 is 15.0 Å². The van der Waals surface area contributed by atoms with Crippen LogP contribution in [0.5, 0.6) is 0 Å². The Morgan fingerprint density at radius 1 is 1.45 bits per heavy atom. The van der Waals surface area contributed by atoms with E-state index in [0.29, 0.717) is 6.54 Å². The van der Waals surface area contributed by atoms with E-state index in [4.69, 9.17) is 0 Å². The molecule has 1 heterocycles. The van der Waals surface area contributed by atoms with Gasteiger partial charge in [0.15, 0.2) is 0 Å². The molecule has 1 aromatic rings. The molecule has 7 heteroatoms. The zero-order chi connectivity index (χ0) is 15.3. The van der Waals surface area contributed by atoms with Crippen LogP contribution in [0.3, 0.4) is 0 Å². The van der Waals surface area contributed by atoms with Crippen molar-refractivity contribution in [1.29, 1.82) is 0 Å². The molecule has 0 radical (unpaired) electrons. The highest BCUT2D eigenvalue weighted by Gasteiger charge is 2.20. The third kappa shape index (κ3) is 3.97. The third-order valence-electron chi connectivity index (χ3n) is 3.24. The van der Waals surface area contributed by atoms with Crippen molar-refractivity contribution >= 4 is 12.0 Å². The zero-order valence-corrected chi connectivity index (χ0v) is 12.6. The van der Waals surface area contributed by atoms with Gasteiger partial charge in [0, 0.05) is 19.3 Å². The van der Waals surface area contributed by atoms with Crippen molar-refractivity contribution in [2.24, 2.45) is 0 Å². The van der Waals surface area contributed by atoms with Crippen LogP contribution in [0.1, 0.15) is 23.9 Å². The molecular formula is C13H22N4O3. The molecule has 1 rings (SSSR count). The van der Waals surface area contributed by atoms with Crippen molar-refractivity contribution in [3.8, 4) is 0 Å². The van der Waals surface area contributed by atoms with E-state index in [9.17, 15) is 9.59 Å². The van der Waals surface area contributed by atoms with E-state index in [1.165, 1.54) is 7.11 Å². The summed E-state index contributed by atoms with van der Waals surface area (Å²) in [7, 11) is 2.98. The molecule has 0 aromatic carbocycles. The minimum absolute atomic E-state index is 0.158. The number of methoxy groups -OCH3 is 1. The van der Waals surface area contributed by atoms with Crippen LogP contribution in [-0.4, -0.2) is 53.8 Å². The number of likely N-dealkylation sites (N-methyl/N-ethyl adjacent to an activating group) is 1. The number of hydrogen-bond acceptors (Lipinski definition) is 4. The molecule has 2 N–H and O–H groups in total. The van der Waals surface area contributed by atoms with E-state index in [1.54, 1.807) is 18.9 Å². The number of aromatic nitrogens is 2. The fourth-order valence-electron chi connectivity index (χ4n) is 1.96. The Bertz CT molecular complexity index is 464. The number of rotatable bonds is 5. The molecule has 2 amide bonds. The van der Waals surface area contributed by atoms with Gasteiger partial charge in [-0.1, -0.05) is 0 Å². The number of hydrogen-bond donors (Lipinski definition) is 2. The summed E-state index contributed by atoms with van der Waals surface area (Å²) in [6, 6.07) is -0.612. The Balaban J connectivity index is 2.52. The van der Waals surface area contributed by atoms with Gasteiger partial charge in [0.05, 0.1) is 12.8 Å². The van der Waals surface area contributed by atoms with Crippen molar-refractivity contribution in [2.45, 2.75) is 33.2 Å². The molecule has 7 nitrogen and oxygen atoms in total. The summed E-state index contributed by atoms with van der Waals surface area (Å²) < 4.78 is 4.47. The number of aryl methyl sites for hydroxylation is 2. The first-order valence-corrected chi connectivity index (χ1v) is 6.46. The first-order chi connectivity index (χ1) is 9.36. The minimum Gasteiger partial charge on any atom is -0.453 e. The van der Waals surface area contributed by atoms with Crippen molar-refractivity contribution in [2.75, 3.05) is 20.7 Å². The fraction of sp³-hybridized carbons (Fsp3) is 0.615. The van der Waals surface area contributed by atoms with E-state index in [-0.39, 0.29) is 5.91 Å². The number of aromatic amines is 1.